The van der Waals surface area contributed by atoms with Crippen LogP contribution < -0.4 is 15.3 Å². The molecule has 6 nitrogen and oxygen atoms in total. The van der Waals surface area contributed by atoms with E-state index < -0.39 is 17.9 Å². The summed E-state index contributed by atoms with van der Waals surface area (Å²) in [5.41, 5.74) is 1.07. The molecular formula is C14H18N2O4. The Labute approximate surface area is 117 Å². The predicted octanol–water partition coefficient (Wildman–Crippen LogP) is -1.52. The third kappa shape index (κ3) is 4.47. The van der Waals surface area contributed by atoms with Crippen LogP contribution in [0.25, 0.3) is 0 Å². The van der Waals surface area contributed by atoms with Crippen LogP contribution in [0.4, 0.5) is 5.69 Å². The van der Waals surface area contributed by atoms with E-state index in [1.54, 1.807) is 38.4 Å². The number of ketones is 1. The lowest BCUT2D eigenvalue weighted by Gasteiger charge is -2.21. The first-order chi connectivity index (χ1) is 9.31. The molecule has 0 aliphatic rings. The number of anilines is 1. The summed E-state index contributed by atoms with van der Waals surface area (Å²) < 4.78 is 0. The van der Waals surface area contributed by atoms with E-state index in [4.69, 9.17) is 0 Å². The number of carboxylic acids is 1. The monoisotopic (exact) mass is 278 g/mol. The highest BCUT2D eigenvalue weighted by Gasteiger charge is 2.20. The molecule has 0 aromatic heterocycles. The fraction of sp³-hybridized carbons (Fsp3) is 0.357. The highest BCUT2D eigenvalue weighted by Crippen LogP contribution is 2.10. The zero-order chi connectivity index (χ0) is 15.3. The quantitative estimate of drug-likeness (QED) is 0.618. The summed E-state index contributed by atoms with van der Waals surface area (Å²) in [7, 11) is 3.30. The maximum Gasteiger partial charge on any atom is 0.230 e. The van der Waals surface area contributed by atoms with Crippen LogP contribution in [-0.4, -0.2) is 37.8 Å². The van der Waals surface area contributed by atoms with Crippen molar-refractivity contribution in [2.24, 2.45) is 0 Å². The Morgan fingerprint density at radius 1 is 1.20 bits per heavy atom. The van der Waals surface area contributed by atoms with Gasteiger partial charge in [-0.1, -0.05) is 0 Å². The van der Waals surface area contributed by atoms with Crippen LogP contribution in [0.3, 0.4) is 0 Å². The molecule has 0 heterocycles. The standard InChI is InChI=1S/C14H18N2O4/c1-9(17)10-4-6-11(7-5-10)15-13(18)8-12(14(19)20)16(2)3/h4-7,12H,8H2,1-3H3,(H,15,18)(H,19,20)/t12-/m1/s1. The van der Waals surface area contributed by atoms with Crippen molar-refractivity contribution in [2.75, 3.05) is 19.4 Å². The number of rotatable bonds is 6. The molecule has 0 fully saturated rings. The highest BCUT2D eigenvalue weighted by molar-refractivity contribution is 5.96. The van der Waals surface area contributed by atoms with Gasteiger partial charge in [0.25, 0.3) is 0 Å². The summed E-state index contributed by atoms with van der Waals surface area (Å²) in [6.07, 6.45) is -0.168. The minimum atomic E-state index is -1.26. The third-order valence-electron chi connectivity index (χ3n) is 2.95. The van der Waals surface area contributed by atoms with Crippen LogP contribution in [0, 0.1) is 0 Å². The first-order valence-corrected chi connectivity index (χ1v) is 6.23. The molecule has 0 aliphatic carbocycles. The second kappa shape index (κ2) is 6.81. The van der Waals surface area contributed by atoms with Crippen molar-refractivity contribution in [3.8, 4) is 0 Å². The fourth-order valence-electron chi connectivity index (χ4n) is 1.71. The summed E-state index contributed by atoms with van der Waals surface area (Å²) in [6, 6.07) is 5.51. The summed E-state index contributed by atoms with van der Waals surface area (Å²) in [4.78, 5) is 34.4. The van der Waals surface area contributed by atoms with Crippen LogP contribution in [0.5, 0.6) is 0 Å². The molecule has 1 amide bonds. The minimum Gasteiger partial charge on any atom is -0.544 e. The van der Waals surface area contributed by atoms with E-state index in [-0.39, 0.29) is 12.2 Å². The second-order valence-electron chi connectivity index (χ2n) is 4.83. The van der Waals surface area contributed by atoms with E-state index in [2.05, 4.69) is 5.32 Å². The topological polar surface area (TPSA) is 90.7 Å². The smallest absolute Gasteiger partial charge is 0.230 e. The molecule has 20 heavy (non-hydrogen) atoms. The molecule has 0 saturated heterocycles. The average molecular weight is 278 g/mol. The second-order valence-corrected chi connectivity index (χ2v) is 4.83. The molecule has 0 spiro atoms. The van der Waals surface area contributed by atoms with Gasteiger partial charge in [0.05, 0.1) is 26.5 Å². The average Bonchev–Trinajstić information content (AvgIpc) is 2.35. The molecule has 0 radical (unpaired) electrons. The number of Topliss-reactive ketones (excluding diaryl/α,β-unsaturated/α-hetero) is 1. The number of hydrogen-bond acceptors (Lipinski definition) is 4. The molecule has 0 unspecified atom stereocenters. The summed E-state index contributed by atoms with van der Waals surface area (Å²) in [5, 5.41) is 13.5. The number of quaternary nitrogens is 1. The summed E-state index contributed by atoms with van der Waals surface area (Å²) >= 11 is 0. The van der Waals surface area contributed by atoms with Crippen molar-refractivity contribution >= 4 is 23.3 Å². The fourth-order valence-corrected chi connectivity index (χ4v) is 1.71. The summed E-state index contributed by atoms with van der Waals surface area (Å²) in [5.74, 6) is -1.72. The van der Waals surface area contributed by atoms with Gasteiger partial charge in [0, 0.05) is 11.3 Å². The van der Waals surface area contributed by atoms with E-state index in [9.17, 15) is 19.5 Å². The first-order valence-electron chi connectivity index (χ1n) is 6.23. The van der Waals surface area contributed by atoms with Gasteiger partial charge < -0.3 is 20.1 Å². The number of hydrogen-bond donors (Lipinski definition) is 2. The van der Waals surface area contributed by atoms with Crippen LogP contribution in [0.1, 0.15) is 23.7 Å². The molecule has 0 saturated carbocycles. The van der Waals surface area contributed by atoms with Crippen LogP contribution in [0.15, 0.2) is 24.3 Å². The van der Waals surface area contributed by atoms with Gasteiger partial charge in [-0.05, 0) is 31.2 Å². The molecule has 108 valence electrons. The summed E-state index contributed by atoms with van der Waals surface area (Å²) in [6.45, 7) is 1.46. The number of carbonyl (C=O) groups excluding carboxylic acids is 3. The highest BCUT2D eigenvalue weighted by atomic mass is 16.4. The number of carboxylic acid groups (broad SMARTS) is 1. The molecule has 0 aliphatic heterocycles. The number of aliphatic carboxylic acids is 1. The Hall–Kier alpha value is -2.21. The Kier molecular flexibility index (Phi) is 5.40. The Balaban J connectivity index is 2.66. The zero-order valence-electron chi connectivity index (χ0n) is 11.7. The van der Waals surface area contributed by atoms with Gasteiger partial charge in [0.2, 0.25) is 5.91 Å². The van der Waals surface area contributed by atoms with Gasteiger partial charge >= 0.3 is 0 Å². The minimum absolute atomic E-state index is 0.0592. The van der Waals surface area contributed by atoms with E-state index in [1.807, 2.05) is 0 Å². The van der Waals surface area contributed by atoms with Gasteiger partial charge in [0.1, 0.15) is 6.04 Å². The van der Waals surface area contributed by atoms with Gasteiger partial charge in [-0.3, -0.25) is 9.59 Å². The molecule has 1 aromatic rings. The zero-order valence-corrected chi connectivity index (χ0v) is 11.7. The van der Waals surface area contributed by atoms with E-state index in [0.717, 1.165) is 0 Å². The lowest BCUT2D eigenvalue weighted by molar-refractivity contribution is -0.878. The predicted molar refractivity (Wildman–Crippen MR) is 71.3 cm³/mol. The third-order valence-corrected chi connectivity index (χ3v) is 2.95. The lowest BCUT2D eigenvalue weighted by Crippen LogP contribution is -3.12. The normalized spacial score (nSPS) is 12.0. The first kappa shape index (κ1) is 15.8. The lowest BCUT2D eigenvalue weighted by atomic mass is 10.1. The Bertz CT molecular complexity index is 508. The number of amides is 1. The molecule has 1 rings (SSSR count). The number of nitrogens with one attached hydrogen (secondary N) is 2. The van der Waals surface area contributed by atoms with Crippen molar-refractivity contribution in [3.05, 3.63) is 29.8 Å². The van der Waals surface area contributed by atoms with Crippen molar-refractivity contribution in [3.63, 3.8) is 0 Å². The van der Waals surface area contributed by atoms with E-state index in [1.165, 1.54) is 6.92 Å². The molecule has 6 heteroatoms. The van der Waals surface area contributed by atoms with Crippen molar-refractivity contribution < 1.29 is 24.4 Å². The Morgan fingerprint density at radius 2 is 1.75 bits per heavy atom. The van der Waals surface area contributed by atoms with Crippen LogP contribution in [0.2, 0.25) is 0 Å². The van der Waals surface area contributed by atoms with Crippen molar-refractivity contribution in [1.29, 1.82) is 0 Å². The number of likely N-dealkylation sites (N-methyl/N-ethyl adjacent to an activating group) is 1. The molecule has 1 atom stereocenters. The maximum absolute atomic E-state index is 11.8. The van der Waals surface area contributed by atoms with Crippen LogP contribution in [-0.2, 0) is 9.59 Å². The van der Waals surface area contributed by atoms with Gasteiger partial charge in [-0.2, -0.15) is 0 Å². The van der Waals surface area contributed by atoms with Crippen molar-refractivity contribution in [1.82, 2.24) is 0 Å². The van der Waals surface area contributed by atoms with Gasteiger partial charge in [-0.25, -0.2) is 0 Å². The number of carbonyl (C=O) groups is 3. The molecule has 2 N–H and O–H groups in total. The SMILES string of the molecule is CC(=O)c1ccc(NC(=O)C[C@H](C(=O)[O-])[NH+](C)C)cc1. The molecule has 0 bridgehead atoms. The van der Waals surface area contributed by atoms with Gasteiger partial charge in [0.15, 0.2) is 5.78 Å². The maximum atomic E-state index is 11.8. The van der Waals surface area contributed by atoms with Crippen molar-refractivity contribution in [2.45, 2.75) is 19.4 Å². The largest absolute Gasteiger partial charge is 0.544 e. The molecular weight excluding hydrogens is 260 g/mol. The molecule has 1 aromatic carbocycles. The van der Waals surface area contributed by atoms with Crippen LogP contribution >= 0.6 is 0 Å². The van der Waals surface area contributed by atoms with E-state index in [0.29, 0.717) is 16.2 Å². The van der Waals surface area contributed by atoms with E-state index >= 15 is 0 Å². The van der Waals surface area contributed by atoms with Gasteiger partial charge in [-0.15, -0.1) is 0 Å². The number of benzene rings is 1. The Morgan fingerprint density at radius 3 is 2.15 bits per heavy atom.